The zero-order valence-corrected chi connectivity index (χ0v) is 4.62. The van der Waals surface area contributed by atoms with Crippen LogP contribution in [0.15, 0.2) is 0 Å². The first-order valence-corrected chi connectivity index (χ1v) is 0.447. The Morgan fingerprint density at radius 1 is 1.25 bits per heavy atom. The van der Waals surface area contributed by atoms with Gasteiger partial charge in [-0.2, -0.15) is 0 Å². The van der Waals surface area contributed by atoms with E-state index in [-0.39, 0.29) is 36.9 Å². The topological polar surface area (TPSA) is 20.2 Å². The third kappa shape index (κ3) is 11.2. The van der Waals surface area contributed by atoms with Crippen LogP contribution >= 0.6 is 0 Å². The van der Waals surface area contributed by atoms with E-state index in [0.717, 1.165) is 7.11 Å². The van der Waals surface area contributed by atoms with E-state index >= 15 is 0 Å². The number of aliphatic hydroxyl groups excluding tert-OH is 1. The minimum Gasteiger partial charge on any atom is -0.400 e. The molecule has 3 heteroatoms. The fourth-order valence-corrected chi connectivity index (χ4v) is 0. The molecule has 0 aliphatic rings. The van der Waals surface area contributed by atoms with Gasteiger partial charge in [0.1, 0.15) is 0 Å². The summed E-state index contributed by atoms with van der Waals surface area (Å²) < 4.78 is 0. The third-order valence-corrected chi connectivity index (χ3v) is 0. The summed E-state index contributed by atoms with van der Waals surface area (Å²) in [4.78, 5) is 0. The molecular weight excluding hydrogens is 193 g/mol. The van der Waals surface area contributed by atoms with E-state index in [0.29, 0.717) is 0 Å². The summed E-state index contributed by atoms with van der Waals surface area (Å²) in [5.41, 5.74) is 0. The molecule has 0 spiro atoms. The summed E-state index contributed by atoms with van der Waals surface area (Å²) in [5, 5.41) is 7.00. The Morgan fingerprint density at radius 2 is 1.25 bits per heavy atom. The van der Waals surface area contributed by atoms with Crippen LogP contribution in [0.2, 0.25) is 0 Å². The molecule has 1 nitrogen and oxygen atoms in total. The van der Waals surface area contributed by atoms with Gasteiger partial charge >= 0.3 is 0 Å². The van der Waals surface area contributed by atoms with Gasteiger partial charge in [0.15, 0.2) is 0 Å². The van der Waals surface area contributed by atoms with Gasteiger partial charge in [0.05, 0.1) is 0 Å². The first-order valence-electron chi connectivity index (χ1n) is 0.447. The van der Waals surface area contributed by atoms with Gasteiger partial charge in [-0.3, -0.25) is 0 Å². The largest absolute Gasteiger partial charge is 0.400 e. The molecule has 0 saturated carbocycles. The molecule has 34 valence electrons. The Labute approximate surface area is 49.4 Å². The zero-order valence-electron chi connectivity index (χ0n) is 2.08. The van der Waals surface area contributed by atoms with E-state index in [1.54, 1.807) is 0 Å². The van der Waals surface area contributed by atoms with Gasteiger partial charge in [-0.25, -0.2) is 0 Å². The minimum absolute atomic E-state index is 0. The summed E-state index contributed by atoms with van der Waals surface area (Å²) >= 11 is 0. The van der Waals surface area contributed by atoms with E-state index < -0.39 is 0 Å². The first-order chi connectivity index (χ1) is 1.00. The van der Waals surface area contributed by atoms with Crippen molar-refractivity contribution in [1.82, 2.24) is 0 Å². The number of hydrogen-bond donors (Lipinski definition) is 1. The Balaban J connectivity index is -0.00000000500. The van der Waals surface area contributed by atoms with E-state index in [2.05, 4.69) is 0 Å². The molecule has 0 aliphatic heterocycles. The summed E-state index contributed by atoms with van der Waals surface area (Å²) in [6.45, 7) is 0. The van der Waals surface area contributed by atoms with Crippen molar-refractivity contribution < 1.29 is 42.0 Å². The quantitative estimate of drug-likeness (QED) is 0.524. The summed E-state index contributed by atoms with van der Waals surface area (Å²) in [6.07, 6.45) is 0. The van der Waals surface area contributed by atoms with Crippen LogP contribution in [0.4, 0.5) is 0 Å². The van der Waals surface area contributed by atoms with Crippen LogP contribution < -0.4 is 0 Å². The van der Waals surface area contributed by atoms with Crippen molar-refractivity contribution in [2.75, 3.05) is 7.11 Å². The van der Waals surface area contributed by atoms with Crippen molar-refractivity contribution in [2.24, 2.45) is 0 Å². The number of aliphatic hydroxyl groups is 1. The molecule has 4 heavy (non-hydrogen) atoms. The number of rotatable bonds is 0. The number of hydrogen-bond acceptors (Lipinski definition) is 1. The van der Waals surface area contributed by atoms with E-state index in [1.165, 1.54) is 0 Å². The second kappa shape index (κ2) is 32.1. The molecule has 0 saturated heterocycles. The van der Waals surface area contributed by atoms with Crippen molar-refractivity contribution in [1.29, 1.82) is 0 Å². The van der Waals surface area contributed by atoms with Gasteiger partial charge < -0.3 is 5.11 Å². The maximum atomic E-state index is 7.00. The Morgan fingerprint density at radius 3 is 1.25 bits per heavy atom. The Kier molecular flexibility index (Phi) is 155. The van der Waals surface area contributed by atoms with Crippen molar-refractivity contribution in [3.63, 3.8) is 0 Å². The molecule has 0 aromatic heterocycles. The van der Waals surface area contributed by atoms with Gasteiger partial charge in [-0.15, -0.1) is 0 Å². The van der Waals surface area contributed by atoms with Gasteiger partial charge in [-0.05, 0) is 0 Å². The molecule has 0 heterocycles. The molecule has 0 fully saturated rings. The maximum Gasteiger partial charge on any atom is 0.0319 e. The first kappa shape index (κ1) is 19.4. The monoisotopic (exact) mass is 196 g/mol. The molecule has 0 aliphatic carbocycles. The maximum absolute atomic E-state index is 7.00. The third-order valence-electron chi connectivity index (χ3n) is 0. The molecule has 0 amide bonds. The molecular formula is CH4NiOPd. The normalized spacial score (nSPS) is 1.50. The average Bonchev–Trinajstić information content (AvgIpc) is 1.00. The van der Waals surface area contributed by atoms with Crippen molar-refractivity contribution >= 4 is 0 Å². The van der Waals surface area contributed by atoms with Crippen LogP contribution in [-0.4, -0.2) is 12.2 Å². The molecule has 0 aromatic carbocycles. The van der Waals surface area contributed by atoms with E-state index in [1.807, 2.05) is 0 Å². The second-order valence-electron chi connectivity index (χ2n) is 0. The standard InChI is InChI=1S/CH4O.Ni.Pd/c1-2;;/h2H,1H3;;. The predicted molar refractivity (Wildman–Crippen MR) is 8.14 cm³/mol. The molecule has 1 N–H and O–H groups in total. The Hall–Kier alpha value is 1.12. The van der Waals surface area contributed by atoms with Crippen LogP contribution in [0.25, 0.3) is 0 Å². The predicted octanol–water partition coefficient (Wildman–Crippen LogP) is -0.397. The second-order valence-corrected chi connectivity index (χ2v) is 0. The van der Waals surface area contributed by atoms with E-state index in [4.69, 9.17) is 5.11 Å². The SMILES string of the molecule is CO.[Ni].[Pd]. The minimum atomic E-state index is 0. The van der Waals surface area contributed by atoms with Gasteiger partial charge in [0.25, 0.3) is 0 Å². The molecule has 0 radical (unpaired) electrons. The van der Waals surface area contributed by atoms with Crippen LogP contribution in [0.3, 0.4) is 0 Å². The van der Waals surface area contributed by atoms with Gasteiger partial charge in [0.2, 0.25) is 0 Å². The molecule has 0 bridgehead atoms. The van der Waals surface area contributed by atoms with Crippen molar-refractivity contribution in [3.8, 4) is 0 Å². The van der Waals surface area contributed by atoms with Crippen LogP contribution in [0.5, 0.6) is 0 Å². The van der Waals surface area contributed by atoms with Crippen molar-refractivity contribution in [3.05, 3.63) is 0 Å². The van der Waals surface area contributed by atoms with Crippen LogP contribution in [0.1, 0.15) is 0 Å². The van der Waals surface area contributed by atoms with E-state index in [9.17, 15) is 0 Å². The summed E-state index contributed by atoms with van der Waals surface area (Å²) in [6, 6.07) is 0. The molecule has 0 atom stereocenters. The summed E-state index contributed by atoms with van der Waals surface area (Å²) in [5.74, 6) is 0. The average molecular weight is 197 g/mol. The smallest absolute Gasteiger partial charge is 0.0319 e. The molecule has 0 unspecified atom stereocenters. The molecule has 0 rings (SSSR count). The van der Waals surface area contributed by atoms with Gasteiger partial charge in [0, 0.05) is 44.0 Å². The van der Waals surface area contributed by atoms with Crippen molar-refractivity contribution in [2.45, 2.75) is 0 Å². The zero-order chi connectivity index (χ0) is 2.00. The van der Waals surface area contributed by atoms with Gasteiger partial charge in [-0.1, -0.05) is 0 Å². The fourth-order valence-electron chi connectivity index (χ4n) is 0. The summed E-state index contributed by atoms with van der Waals surface area (Å²) in [7, 11) is 1.00. The Bertz CT molecular complexity index is 8.00. The fraction of sp³-hybridized carbons (Fsp3) is 1.00. The molecule has 0 aromatic rings. The van der Waals surface area contributed by atoms with Crippen LogP contribution in [-0.2, 0) is 36.9 Å². The van der Waals surface area contributed by atoms with Crippen LogP contribution in [0, 0.1) is 0 Å².